The van der Waals surface area contributed by atoms with Crippen LogP contribution in [0.4, 0.5) is 0 Å². The highest BCUT2D eigenvalue weighted by molar-refractivity contribution is 7.87. The summed E-state index contributed by atoms with van der Waals surface area (Å²) in [5, 5.41) is -0.674. The lowest BCUT2D eigenvalue weighted by Gasteiger charge is -2.27. The van der Waals surface area contributed by atoms with Gasteiger partial charge < -0.3 is 9.47 Å². The van der Waals surface area contributed by atoms with Crippen LogP contribution in [0.25, 0.3) is 0 Å². The highest BCUT2D eigenvalue weighted by Crippen LogP contribution is 2.57. The second kappa shape index (κ2) is 5.43. The van der Waals surface area contributed by atoms with Gasteiger partial charge in [-0.3, -0.25) is 13.9 Å². The van der Waals surface area contributed by atoms with Gasteiger partial charge in [-0.15, -0.1) is 0 Å². The van der Waals surface area contributed by atoms with E-state index in [1.54, 1.807) is 0 Å². The Hall–Kier alpha value is -0.700. The van der Waals surface area contributed by atoms with Crippen LogP contribution in [0.15, 0.2) is 0 Å². The topological polar surface area (TPSA) is 82.1 Å². The van der Waals surface area contributed by atoms with Crippen molar-refractivity contribution in [1.29, 1.82) is 0 Å². The molecule has 4 rings (SSSR count). The maximum Gasteiger partial charge on any atom is 0.310 e. The lowest BCUT2D eigenvalue weighted by Crippen LogP contribution is -2.40. The van der Waals surface area contributed by atoms with E-state index in [2.05, 4.69) is 4.90 Å². The Labute approximate surface area is 130 Å². The van der Waals surface area contributed by atoms with E-state index in [1.807, 2.05) is 0 Å². The third-order valence-electron chi connectivity index (χ3n) is 5.49. The molecular weight excluding hydrogens is 310 g/mol. The van der Waals surface area contributed by atoms with E-state index in [0.29, 0.717) is 32.8 Å². The van der Waals surface area contributed by atoms with Crippen molar-refractivity contribution < 1.29 is 26.9 Å². The molecule has 0 aromatic carbocycles. The number of carbonyl (C=O) groups excluding carboxylic acids is 1. The van der Waals surface area contributed by atoms with Crippen LogP contribution in [0.2, 0.25) is 0 Å². The molecular formula is C14H21NO6S. The Morgan fingerprint density at radius 3 is 2.77 bits per heavy atom. The minimum atomic E-state index is -3.60. The van der Waals surface area contributed by atoms with E-state index < -0.39 is 21.3 Å². The van der Waals surface area contributed by atoms with Gasteiger partial charge in [0.05, 0.1) is 25.2 Å². The van der Waals surface area contributed by atoms with Gasteiger partial charge in [0, 0.05) is 25.6 Å². The van der Waals surface area contributed by atoms with Crippen LogP contribution in [0.5, 0.6) is 0 Å². The van der Waals surface area contributed by atoms with Crippen molar-refractivity contribution in [2.24, 2.45) is 17.8 Å². The molecule has 2 bridgehead atoms. The first-order chi connectivity index (χ1) is 10.6. The molecule has 0 aromatic heterocycles. The van der Waals surface area contributed by atoms with Gasteiger partial charge in [-0.1, -0.05) is 0 Å². The summed E-state index contributed by atoms with van der Waals surface area (Å²) in [4.78, 5) is 14.6. The number of esters is 1. The van der Waals surface area contributed by atoms with E-state index >= 15 is 0 Å². The van der Waals surface area contributed by atoms with Crippen LogP contribution in [0.3, 0.4) is 0 Å². The molecule has 7 nitrogen and oxygen atoms in total. The van der Waals surface area contributed by atoms with E-state index in [-0.39, 0.29) is 23.9 Å². The fraction of sp³-hybridized carbons (Fsp3) is 0.929. The lowest BCUT2D eigenvalue weighted by molar-refractivity contribution is -0.150. The summed E-state index contributed by atoms with van der Waals surface area (Å²) in [5.74, 6) is -0.795. The van der Waals surface area contributed by atoms with Crippen molar-refractivity contribution >= 4 is 16.1 Å². The quantitative estimate of drug-likeness (QED) is 0.513. The molecule has 124 valence electrons. The number of rotatable bonds is 4. The van der Waals surface area contributed by atoms with Crippen molar-refractivity contribution in [2.75, 3.05) is 39.5 Å². The molecule has 4 fully saturated rings. The van der Waals surface area contributed by atoms with Gasteiger partial charge in [0.1, 0.15) is 11.9 Å². The predicted molar refractivity (Wildman–Crippen MR) is 75.5 cm³/mol. The fourth-order valence-electron chi connectivity index (χ4n) is 4.51. The second-order valence-corrected chi connectivity index (χ2v) is 8.36. The monoisotopic (exact) mass is 331 g/mol. The number of fused-ring (bicyclic) bond motifs is 1. The van der Waals surface area contributed by atoms with E-state index in [0.717, 1.165) is 19.5 Å². The third kappa shape index (κ3) is 2.36. The maximum absolute atomic E-state index is 12.4. The molecule has 5 atom stereocenters. The van der Waals surface area contributed by atoms with Crippen molar-refractivity contribution in [3.63, 3.8) is 0 Å². The van der Waals surface area contributed by atoms with Crippen molar-refractivity contribution in [2.45, 2.75) is 24.2 Å². The van der Waals surface area contributed by atoms with Gasteiger partial charge in [-0.05, 0) is 18.8 Å². The molecule has 2 heterocycles. The summed E-state index contributed by atoms with van der Waals surface area (Å²) in [6.45, 7) is 4.09. The zero-order valence-electron chi connectivity index (χ0n) is 12.3. The summed E-state index contributed by atoms with van der Waals surface area (Å²) < 4.78 is 39.9. The molecule has 0 radical (unpaired) electrons. The van der Waals surface area contributed by atoms with Gasteiger partial charge in [0.2, 0.25) is 0 Å². The minimum Gasteiger partial charge on any atom is -0.464 e. The molecule has 2 aliphatic carbocycles. The van der Waals surface area contributed by atoms with Crippen LogP contribution in [-0.4, -0.2) is 70.1 Å². The summed E-state index contributed by atoms with van der Waals surface area (Å²) >= 11 is 0. The summed E-state index contributed by atoms with van der Waals surface area (Å²) in [5.41, 5.74) is 0. The molecule has 0 spiro atoms. The zero-order valence-corrected chi connectivity index (χ0v) is 13.2. The van der Waals surface area contributed by atoms with E-state index in [1.165, 1.54) is 0 Å². The molecule has 22 heavy (non-hydrogen) atoms. The number of carbonyl (C=O) groups is 1. The Morgan fingerprint density at radius 2 is 2.00 bits per heavy atom. The molecule has 0 aromatic rings. The third-order valence-corrected chi connectivity index (χ3v) is 7.31. The average molecular weight is 331 g/mol. The maximum atomic E-state index is 12.4. The second-order valence-electron chi connectivity index (χ2n) is 6.63. The van der Waals surface area contributed by atoms with Crippen molar-refractivity contribution in [3.05, 3.63) is 0 Å². The SMILES string of the molecule is O=C(OCCN1CCOCC1)C1C2CC3OS(=O)(=O)C1C3C2. The van der Waals surface area contributed by atoms with E-state index in [4.69, 9.17) is 13.7 Å². The predicted octanol–water partition coefficient (Wildman–Crippen LogP) is -0.385. The lowest BCUT2D eigenvalue weighted by atomic mass is 9.87. The standard InChI is InChI=1S/C14H21NO6S/c16-14(20-6-3-15-1-4-19-5-2-15)12-9-7-10-11(8-9)21-22(17,18)13(10)12/h9-13H,1-8H2. The van der Waals surface area contributed by atoms with Gasteiger partial charge >= 0.3 is 5.97 Å². The highest BCUT2D eigenvalue weighted by atomic mass is 32.2. The van der Waals surface area contributed by atoms with Crippen LogP contribution >= 0.6 is 0 Å². The van der Waals surface area contributed by atoms with Crippen LogP contribution in [0, 0.1) is 17.8 Å². The molecule has 8 heteroatoms. The van der Waals surface area contributed by atoms with Crippen LogP contribution in [0.1, 0.15) is 12.8 Å². The molecule has 0 N–H and O–H groups in total. The van der Waals surface area contributed by atoms with Crippen LogP contribution in [-0.2, 0) is 28.6 Å². The Kier molecular flexibility index (Phi) is 3.67. The first-order valence-corrected chi connectivity index (χ1v) is 9.42. The normalized spacial score (nSPS) is 42.6. The van der Waals surface area contributed by atoms with Crippen LogP contribution < -0.4 is 0 Å². The first-order valence-electron chi connectivity index (χ1n) is 7.95. The van der Waals surface area contributed by atoms with Gasteiger partial charge in [0.15, 0.2) is 0 Å². The molecule has 2 aliphatic heterocycles. The first kappa shape index (κ1) is 14.9. The van der Waals surface area contributed by atoms with Crippen molar-refractivity contribution in [3.8, 4) is 0 Å². The zero-order chi connectivity index (χ0) is 15.3. The Balaban J connectivity index is 1.35. The highest BCUT2D eigenvalue weighted by Gasteiger charge is 2.66. The molecule has 2 saturated carbocycles. The van der Waals surface area contributed by atoms with Gasteiger partial charge in [0.25, 0.3) is 10.1 Å². The van der Waals surface area contributed by atoms with E-state index in [9.17, 15) is 13.2 Å². The fourth-order valence-corrected chi connectivity index (χ4v) is 6.61. The molecule has 5 unspecified atom stereocenters. The Bertz CT molecular complexity index is 556. The minimum absolute atomic E-state index is 0.00760. The average Bonchev–Trinajstić information content (AvgIpc) is 3.08. The molecule has 4 aliphatic rings. The number of hydrogen-bond acceptors (Lipinski definition) is 7. The van der Waals surface area contributed by atoms with Gasteiger partial charge in [-0.2, -0.15) is 8.42 Å². The Morgan fingerprint density at radius 1 is 1.23 bits per heavy atom. The largest absolute Gasteiger partial charge is 0.464 e. The molecule has 2 saturated heterocycles. The number of ether oxygens (including phenoxy) is 2. The number of morpholine rings is 1. The van der Waals surface area contributed by atoms with Crippen molar-refractivity contribution in [1.82, 2.24) is 4.90 Å². The summed E-state index contributed by atoms with van der Waals surface area (Å²) in [6, 6.07) is 0. The number of hydrogen-bond donors (Lipinski definition) is 0. The smallest absolute Gasteiger partial charge is 0.310 e. The summed E-state index contributed by atoms with van der Waals surface area (Å²) in [6.07, 6.45) is 1.25. The summed E-state index contributed by atoms with van der Waals surface area (Å²) in [7, 11) is -3.60. The molecule has 0 amide bonds. The number of nitrogens with zero attached hydrogens (tertiary/aromatic N) is 1. The van der Waals surface area contributed by atoms with Gasteiger partial charge in [-0.25, -0.2) is 0 Å².